The minimum Gasteiger partial charge on any atom is -0.478 e. The Bertz CT molecular complexity index is 1040. The Labute approximate surface area is 182 Å². The molecule has 0 unspecified atom stereocenters. The molecule has 0 aliphatic carbocycles. The van der Waals surface area contributed by atoms with Crippen molar-refractivity contribution in [1.82, 2.24) is 12.3 Å². The van der Waals surface area contributed by atoms with Crippen molar-refractivity contribution in [2.24, 2.45) is 0 Å². The molecule has 0 amide bonds. The maximum atomic E-state index is 12.2. The molecule has 0 atom stereocenters. The van der Waals surface area contributed by atoms with Gasteiger partial charge in [-0.2, -0.15) is 0 Å². The van der Waals surface area contributed by atoms with Gasteiger partial charge in [0.05, 0.1) is 22.3 Å². The quantitative estimate of drug-likeness (QED) is 0.322. The van der Waals surface area contributed by atoms with Gasteiger partial charge in [0.1, 0.15) is 11.5 Å². The fourth-order valence-electron chi connectivity index (χ4n) is 2.43. The van der Waals surface area contributed by atoms with Crippen LogP contribution in [0.15, 0.2) is 72.8 Å². The second kappa shape index (κ2) is 11.0. The first-order valence-electron chi connectivity index (χ1n) is 8.54. The number of hydrogen-bond acceptors (Lipinski definition) is 8. The summed E-state index contributed by atoms with van der Waals surface area (Å²) in [7, 11) is 0. The number of esters is 2. The summed E-state index contributed by atoms with van der Waals surface area (Å²) in [6.07, 6.45) is 0. The molecule has 166 valence electrons. The molecule has 32 heavy (non-hydrogen) atoms. The molecular weight excluding hydrogens is 420 g/mol. The Morgan fingerprint density at radius 3 is 1.16 bits per heavy atom. The van der Waals surface area contributed by atoms with Crippen LogP contribution in [-0.2, 0) is 0 Å². The van der Waals surface area contributed by atoms with Crippen LogP contribution in [0.25, 0.3) is 0 Å². The largest absolute Gasteiger partial charge is 0.478 e. The van der Waals surface area contributed by atoms with Crippen molar-refractivity contribution in [3.05, 3.63) is 95.1 Å². The van der Waals surface area contributed by atoms with Gasteiger partial charge in [0, 0.05) is 6.07 Å². The summed E-state index contributed by atoms with van der Waals surface area (Å²) in [5, 5.41) is 17.8. The van der Waals surface area contributed by atoms with Crippen LogP contribution < -0.4 is 21.8 Å². The summed E-state index contributed by atoms with van der Waals surface area (Å²) in [5.74, 6) is -3.40. The molecule has 3 aromatic rings. The van der Waals surface area contributed by atoms with Crippen LogP contribution in [0.3, 0.4) is 0 Å². The number of ether oxygens (including phenoxy) is 2. The highest BCUT2D eigenvalue weighted by Gasteiger charge is 2.13. The van der Waals surface area contributed by atoms with E-state index in [0.29, 0.717) is 0 Å². The van der Waals surface area contributed by atoms with Crippen LogP contribution in [0.2, 0.25) is 0 Å². The van der Waals surface area contributed by atoms with Crippen LogP contribution in [-0.4, -0.2) is 34.1 Å². The topological polar surface area (TPSA) is 197 Å². The standard InChI is InChI=1S/C22H14O8.2H3N/c23-19(24)13-4-8-15(9-5-13)21(27)29-17-2-1-3-18(12-17)30-22(28)16-10-6-14(7-11-16)20(25)26;;/h1-12H,(H,23,24)(H,25,26);2*1H3. The van der Waals surface area contributed by atoms with E-state index in [0.717, 1.165) is 0 Å². The molecule has 0 fully saturated rings. The van der Waals surface area contributed by atoms with E-state index in [-0.39, 0.29) is 46.1 Å². The summed E-state index contributed by atoms with van der Waals surface area (Å²) < 4.78 is 10.5. The minimum atomic E-state index is -1.11. The lowest BCUT2D eigenvalue weighted by atomic mass is 10.1. The number of carboxylic acid groups (broad SMARTS) is 2. The zero-order valence-electron chi connectivity index (χ0n) is 16.7. The predicted molar refractivity (Wildman–Crippen MR) is 113 cm³/mol. The van der Waals surface area contributed by atoms with E-state index in [4.69, 9.17) is 19.7 Å². The van der Waals surface area contributed by atoms with Crippen molar-refractivity contribution >= 4 is 23.9 Å². The molecule has 10 heteroatoms. The second-order valence-corrected chi connectivity index (χ2v) is 6.02. The number of carboxylic acids is 2. The van der Waals surface area contributed by atoms with E-state index in [1.807, 2.05) is 0 Å². The number of carbonyl (C=O) groups is 4. The van der Waals surface area contributed by atoms with Crippen molar-refractivity contribution in [2.45, 2.75) is 0 Å². The monoisotopic (exact) mass is 440 g/mol. The second-order valence-electron chi connectivity index (χ2n) is 6.02. The summed E-state index contributed by atoms with van der Waals surface area (Å²) in [5.41, 5.74) is 0.385. The first-order chi connectivity index (χ1) is 14.3. The fraction of sp³-hybridized carbons (Fsp3) is 0. The maximum absolute atomic E-state index is 12.2. The zero-order valence-corrected chi connectivity index (χ0v) is 16.7. The lowest BCUT2D eigenvalue weighted by molar-refractivity contribution is 0.0685. The van der Waals surface area contributed by atoms with Crippen molar-refractivity contribution in [3.63, 3.8) is 0 Å². The third kappa shape index (κ3) is 6.23. The van der Waals surface area contributed by atoms with Gasteiger partial charge in [-0.3, -0.25) is 0 Å². The number of benzene rings is 3. The van der Waals surface area contributed by atoms with Gasteiger partial charge in [-0.25, -0.2) is 19.2 Å². The molecule has 8 N–H and O–H groups in total. The van der Waals surface area contributed by atoms with Crippen molar-refractivity contribution in [3.8, 4) is 11.5 Å². The molecular formula is C22H20N2O8. The molecule has 0 heterocycles. The van der Waals surface area contributed by atoms with Gasteiger partial charge >= 0.3 is 23.9 Å². The molecule has 0 aromatic heterocycles. The lowest BCUT2D eigenvalue weighted by Gasteiger charge is -2.08. The zero-order chi connectivity index (χ0) is 21.7. The minimum absolute atomic E-state index is 0. The van der Waals surface area contributed by atoms with Gasteiger partial charge in [0.15, 0.2) is 0 Å². The summed E-state index contributed by atoms with van der Waals surface area (Å²) >= 11 is 0. The highest BCUT2D eigenvalue weighted by Crippen LogP contribution is 2.22. The Balaban J connectivity index is 0.00000256. The highest BCUT2D eigenvalue weighted by molar-refractivity contribution is 5.94. The summed E-state index contributed by atoms with van der Waals surface area (Å²) in [6, 6.07) is 16.3. The number of rotatable bonds is 6. The van der Waals surface area contributed by atoms with Crippen molar-refractivity contribution in [2.75, 3.05) is 0 Å². The van der Waals surface area contributed by atoms with E-state index in [1.54, 1.807) is 0 Å². The fourth-order valence-corrected chi connectivity index (χ4v) is 2.43. The van der Waals surface area contributed by atoms with E-state index in [1.165, 1.54) is 72.8 Å². The van der Waals surface area contributed by atoms with E-state index in [9.17, 15) is 19.2 Å². The van der Waals surface area contributed by atoms with E-state index < -0.39 is 23.9 Å². The molecule has 0 saturated heterocycles. The normalized spacial score (nSPS) is 9.50. The number of hydrogen-bond donors (Lipinski definition) is 4. The number of aromatic carboxylic acids is 2. The van der Waals surface area contributed by atoms with Crippen LogP contribution in [0.4, 0.5) is 0 Å². The molecule has 0 radical (unpaired) electrons. The number of carbonyl (C=O) groups excluding carboxylic acids is 2. The Morgan fingerprint density at radius 1 is 0.531 bits per heavy atom. The predicted octanol–water partition coefficient (Wildman–Crippen LogP) is 3.85. The van der Waals surface area contributed by atoms with Crippen LogP contribution in [0.5, 0.6) is 11.5 Å². The maximum Gasteiger partial charge on any atom is 0.343 e. The first-order valence-corrected chi connectivity index (χ1v) is 8.54. The third-order valence-electron chi connectivity index (χ3n) is 3.96. The summed E-state index contributed by atoms with van der Waals surface area (Å²) in [6.45, 7) is 0. The molecule has 0 bridgehead atoms. The third-order valence-corrected chi connectivity index (χ3v) is 3.96. The average Bonchev–Trinajstić information content (AvgIpc) is 2.74. The van der Waals surface area contributed by atoms with Gasteiger partial charge in [0.25, 0.3) is 0 Å². The average molecular weight is 440 g/mol. The van der Waals surface area contributed by atoms with Crippen molar-refractivity contribution < 1.29 is 38.9 Å². The van der Waals surface area contributed by atoms with E-state index in [2.05, 4.69) is 0 Å². The van der Waals surface area contributed by atoms with Gasteiger partial charge in [-0.15, -0.1) is 0 Å². The lowest BCUT2D eigenvalue weighted by Crippen LogP contribution is -2.10. The highest BCUT2D eigenvalue weighted by atomic mass is 16.5. The van der Waals surface area contributed by atoms with Crippen LogP contribution in [0.1, 0.15) is 41.4 Å². The molecule has 0 aliphatic heterocycles. The van der Waals surface area contributed by atoms with Gasteiger partial charge in [0.2, 0.25) is 0 Å². The van der Waals surface area contributed by atoms with Crippen LogP contribution in [0, 0.1) is 0 Å². The van der Waals surface area contributed by atoms with Gasteiger partial charge in [-0.1, -0.05) is 6.07 Å². The smallest absolute Gasteiger partial charge is 0.343 e. The van der Waals surface area contributed by atoms with Crippen LogP contribution >= 0.6 is 0 Å². The summed E-state index contributed by atoms with van der Waals surface area (Å²) in [4.78, 5) is 46.2. The van der Waals surface area contributed by atoms with Gasteiger partial charge < -0.3 is 32.0 Å². The molecule has 10 nitrogen and oxygen atoms in total. The Morgan fingerprint density at radius 2 is 0.844 bits per heavy atom. The van der Waals surface area contributed by atoms with E-state index >= 15 is 0 Å². The Hall–Kier alpha value is -4.54. The van der Waals surface area contributed by atoms with Crippen molar-refractivity contribution in [1.29, 1.82) is 0 Å². The molecule has 0 aliphatic rings. The molecule has 0 spiro atoms. The molecule has 0 saturated carbocycles. The Kier molecular flexibility index (Phi) is 8.78. The first kappa shape index (κ1) is 25.5. The molecule has 3 rings (SSSR count). The molecule has 3 aromatic carbocycles. The van der Waals surface area contributed by atoms with Gasteiger partial charge in [-0.05, 0) is 60.7 Å². The SMILES string of the molecule is N.N.O=C(O)c1ccc(C(=O)Oc2cccc(OC(=O)c3ccc(C(=O)O)cc3)c2)cc1.